The normalized spacial score (nSPS) is 10.4. The average Bonchev–Trinajstić information content (AvgIpc) is 2.60. The number of benzene rings is 1. The van der Waals surface area contributed by atoms with Crippen LogP contribution in [0.5, 0.6) is 11.5 Å². The minimum atomic E-state index is -1.12. The highest BCUT2D eigenvalue weighted by molar-refractivity contribution is 6.02. The molecule has 0 atom stereocenters. The minimum absolute atomic E-state index is 0.0890. The average molecular weight is 328 g/mol. The molecule has 7 nitrogen and oxygen atoms in total. The third-order valence-electron chi connectivity index (χ3n) is 3.08. The van der Waals surface area contributed by atoms with Crippen LogP contribution in [0.1, 0.15) is 16.1 Å². The summed E-state index contributed by atoms with van der Waals surface area (Å²) in [6.07, 6.45) is 4.26. The lowest BCUT2D eigenvalue weighted by Crippen LogP contribution is -2.09. The third kappa shape index (κ3) is 4.33. The fourth-order valence-electron chi connectivity index (χ4n) is 1.91. The Bertz CT molecular complexity index is 769. The molecule has 7 heteroatoms. The van der Waals surface area contributed by atoms with E-state index in [1.807, 2.05) is 0 Å². The molecule has 1 amide bonds. The van der Waals surface area contributed by atoms with Crippen molar-refractivity contribution in [2.24, 2.45) is 0 Å². The van der Waals surface area contributed by atoms with Gasteiger partial charge in [0.15, 0.2) is 11.5 Å². The van der Waals surface area contributed by atoms with Gasteiger partial charge in [-0.25, -0.2) is 9.78 Å². The first-order valence-corrected chi connectivity index (χ1v) is 6.94. The van der Waals surface area contributed by atoms with Crippen LogP contribution in [-0.4, -0.2) is 36.2 Å². The van der Waals surface area contributed by atoms with Crippen molar-refractivity contribution in [1.29, 1.82) is 0 Å². The Morgan fingerprint density at radius 2 is 1.88 bits per heavy atom. The van der Waals surface area contributed by atoms with E-state index in [0.717, 1.165) is 5.56 Å². The van der Waals surface area contributed by atoms with Crippen molar-refractivity contribution in [3.05, 3.63) is 53.9 Å². The molecule has 1 heterocycles. The molecule has 0 saturated heterocycles. The van der Waals surface area contributed by atoms with Crippen LogP contribution in [0.2, 0.25) is 0 Å². The number of carbonyl (C=O) groups excluding carboxylic acids is 1. The maximum atomic E-state index is 11.9. The largest absolute Gasteiger partial charge is 0.493 e. The smallest absolute Gasteiger partial charge is 0.354 e. The number of methoxy groups -OCH3 is 2. The molecule has 1 aromatic carbocycles. The number of carboxylic acid groups (broad SMARTS) is 1. The molecule has 0 aliphatic heterocycles. The molecule has 1 aromatic heterocycles. The van der Waals surface area contributed by atoms with Gasteiger partial charge in [-0.2, -0.15) is 0 Å². The lowest BCUT2D eigenvalue weighted by Gasteiger charge is -2.07. The minimum Gasteiger partial charge on any atom is -0.493 e. The molecule has 0 unspecified atom stereocenters. The topological polar surface area (TPSA) is 97.8 Å². The zero-order valence-electron chi connectivity index (χ0n) is 13.1. The van der Waals surface area contributed by atoms with Crippen molar-refractivity contribution in [3.8, 4) is 11.5 Å². The highest BCUT2D eigenvalue weighted by atomic mass is 16.5. The second kappa shape index (κ2) is 7.77. The maximum absolute atomic E-state index is 11.9. The fraction of sp³-hybridized carbons (Fsp3) is 0.118. The molecule has 0 spiro atoms. The van der Waals surface area contributed by atoms with Crippen molar-refractivity contribution >= 4 is 23.6 Å². The van der Waals surface area contributed by atoms with Crippen LogP contribution in [0.4, 0.5) is 5.69 Å². The van der Waals surface area contributed by atoms with Crippen LogP contribution >= 0.6 is 0 Å². The van der Waals surface area contributed by atoms with Crippen molar-refractivity contribution in [2.75, 3.05) is 19.5 Å². The summed E-state index contributed by atoms with van der Waals surface area (Å²) in [6, 6.07) is 8.06. The van der Waals surface area contributed by atoms with Gasteiger partial charge < -0.3 is 19.9 Å². The Balaban J connectivity index is 2.03. The van der Waals surface area contributed by atoms with E-state index in [2.05, 4.69) is 10.3 Å². The molecule has 0 aliphatic carbocycles. The Morgan fingerprint density at radius 3 is 2.46 bits per heavy atom. The second-order valence-electron chi connectivity index (χ2n) is 4.67. The van der Waals surface area contributed by atoms with Crippen molar-refractivity contribution in [3.63, 3.8) is 0 Å². The number of carbonyl (C=O) groups is 2. The number of nitrogens with one attached hydrogen (secondary N) is 1. The summed E-state index contributed by atoms with van der Waals surface area (Å²) in [7, 11) is 3.08. The van der Waals surface area contributed by atoms with Crippen LogP contribution in [0.15, 0.2) is 42.6 Å². The van der Waals surface area contributed by atoms with E-state index in [1.54, 1.807) is 31.4 Å². The quantitative estimate of drug-likeness (QED) is 0.791. The van der Waals surface area contributed by atoms with E-state index in [-0.39, 0.29) is 11.6 Å². The first-order chi connectivity index (χ1) is 11.5. The molecule has 2 N–H and O–H groups in total. The van der Waals surface area contributed by atoms with Gasteiger partial charge in [-0.3, -0.25) is 4.79 Å². The van der Waals surface area contributed by atoms with E-state index in [1.165, 1.54) is 31.5 Å². The second-order valence-corrected chi connectivity index (χ2v) is 4.67. The molecule has 2 rings (SSSR count). The molecule has 124 valence electrons. The Labute approximate surface area is 138 Å². The van der Waals surface area contributed by atoms with Crippen LogP contribution in [0.3, 0.4) is 0 Å². The summed E-state index contributed by atoms with van der Waals surface area (Å²) < 4.78 is 10.3. The van der Waals surface area contributed by atoms with Gasteiger partial charge in [0.05, 0.1) is 26.1 Å². The number of hydrogen-bond donors (Lipinski definition) is 2. The number of carboxylic acids is 1. The zero-order valence-corrected chi connectivity index (χ0v) is 13.1. The number of anilines is 1. The zero-order chi connectivity index (χ0) is 17.5. The molecule has 2 aromatic rings. The Morgan fingerprint density at radius 1 is 1.12 bits per heavy atom. The van der Waals surface area contributed by atoms with Gasteiger partial charge in [0.25, 0.3) is 0 Å². The van der Waals surface area contributed by atoms with Gasteiger partial charge in [0.2, 0.25) is 5.91 Å². The predicted octanol–water partition coefficient (Wildman–Crippen LogP) is 2.45. The monoisotopic (exact) mass is 328 g/mol. The van der Waals surface area contributed by atoms with Gasteiger partial charge in [-0.15, -0.1) is 0 Å². The SMILES string of the molecule is COc1ccc(/C=C/C(=O)Nc2ccc(C(=O)O)nc2)cc1OC. The molecule has 0 fully saturated rings. The number of amides is 1. The number of rotatable bonds is 6. The number of hydrogen-bond acceptors (Lipinski definition) is 5. The lowest BCUT2D eigenvalue weighted by molar-refractivity contribution is -0.111. The molecular formula is C17H16N2O5. The molecular weight excluding hydrogens is 312 g/mol. The van der Waals surface area contributed by atoms with Crippen molar-refractivity contribution in [2.45, 2.75) is 0 Å². The highest BCUT2D eigenvalue weighted by Crippen LogP contribution is 2.27. The van der Waals surface area contributed by atoms with E-state index in [9.17, 15) is 9.59 Å². The number of aromatic carboxylic acids is 1. The summed E-state index contributed by atoms with van der Waals surface area (Å²) in [5.41, 5.74) is 1.08. The third-order valence-corrected chi connectivity index (χ3v) is 3.08. The summed E-state index contributed by atoms with van der Waals surface area (Å²) in [6.45, 7) is 0. The number of pyridine rings is 1. The predicted molar refractivity (Wildman–Crippen MR) is 88.4 cm³/mol. The molecule has 0 bridgehead atoms. The summed E-state index contributed by atoms with van der Waals surface area (Å²) in [5.74, 6) is -0.326. The molecule has 0 saturated carbocycles. The maximum Gasteiger partial charge on any atom is 0.354 e. The molecule has 0 aliphatic rings. The van der Waals surface area contributed by atoms with E-state index in [0.29, 0.717) is 17.2 Å². The van der Waals surface area contributed by atoms with Crippen molar-refractivity contribution in [1.82, 2.24) is 4.98 Å². The Hall–Kier alpha value is -3.35. The first-order valence-electron chi connectivity index (χ1n) is 6.94. The van der Waals surface area contributed by atoms with Gasteiger partial charge in [0.1, 0.15) is 5.69 Å². The van der Waals surface area contributed by atoms with Crippen LogP contribution in [0.25, 0.3) is 6.08 Å². The van der Waals surface area contributed by atoms with E-state index in [4.69, 9.17) is 14.6 Å². The lowest BCUT2D eigenvalue weighted by atomic mass is 10.2. The Kier molecular flexibility index (Phi) is 5.51. The summed E-state index contributed by atoms with van der Waals surface area (Å²) in [5, 5.41) is 11.4. The molecule has 0 radical (unpaired) electrons. The van der Waals surface area contributed by atoms with Gasteiger partial charge in [-0.1, -0.05) is 6.07 Å². The standard InChI is InChI=1S/C17H16N2O5/c1-23-14-7-3-11(9-15(14)24-2)4-8-16(20)19-12-5-6-13(17(21)22)18-10-12/h3-10H,1-2H3,(H,19,20)(H,21,22)/b8-4+. The number of ether oxygens (including phenoxy) is 2. The van der Waals surface area contributed by atoms with Crippen LogP contribution in [0, 0.1) is 0 Å². The van der Waals surface area contributed by atoms with Gasteiger partial charge in [-0.05, 0) is 35.9 Å². The van der Waals surface area contributed by atoms with E-state index >= 15 is 0 Å². The van der Waals surface area contributed by atoms with Crippen LogP contribution < -0.4 is 14.8 Å². The van der Waals surface area contributed by atoms with Crippen molar-refractivity contribution < 1.29 is 24.2 Å². The molecule has 24 heavy (non-hydrogen) atoms. The van der Waals surface area contributed by atoms with Gasteiger partial charge in [0, 0.05) is 6.08 Å². The summed E-state index contributed by atoms with van der Waals surface area (Å²) in [4.78, 5) is 26.3. The number of aromatic nitrogens is 1. The summed E-state index contributed by atoms with van der Waals surface area (Å²) >= 11 is 0. The van der Waals surface area contributed by atoms with E-state index < -0.39 is 5.97 Å². The van der Waals surface area contributed by atoms with Gasteiger partial charge >= 0.3 is 5.97 Å². The van der Waals surface area contributed by atoms with Crippen LogP contribution in [-0.2, 0) is 4.79 Å². The number of nitrogens with zero attached hydrogens (tertiary/aromatic N) is 1. The highest BCUT2D eigenvalue weighted by Gasteiger charge is 2.05. The fourth-order valence-corrected chi connectivity index (χ4v) is 1.91. The first kappa shape index (κ1) is 17.0.